The summed E-state index contributed by atoms with van der Waals surface area (Å²) in [4.78, 5) is 15.2. The smallest absolute Gasteiger partial charge is 0.293 e. The van der Waals surface area contributed by atoms with Gasteiger partial charge in [0.15, 0.2) is 0 Å². The maximum Gasteiger partial charge on any atom is 0.451 e. The lowest BCUT2D eigenvalue weighted by molar-refractivity contribution is -0.144. The third-order valence-electron chi connectivity index (χ3n) is 3.42. The van der Waals surface area contributed by atoms with Gasteiger partial charge in [-0.25, -0.2) is 0 Å². The van der Waals surface area contributed by atoms with Crippen molar-refractivity contribution in [2.24, 2.45) is 5.92 Å². The maximum absolute atomic E-state index is 12.4. The molecule has 5 nitrogen and oxygen atoms in total. The lowest BCUT2D eigenvalue weighted by Gasteiger charge is -2.03. The molecule has 1 aliphatic rings. The van der Waals surface area contributed by atoms with Crippen LogP contribution in [0.25, 0.3) is 0 Å². The number of benzene rings is 1. The van der Waals surface area contributed by atoms with E-state index in [1.807, 2.05) is 12.1 Å². The number of hydrogen-bond acceptors (Lipinski definition) is 3. The molecular weight excluding hydrogens is 321 g/mol. The number of nitrogens with zero attached hydrogens (tertiary/aromatic N) is 2. The molecule has 0 spiro atoms. The number of hydrogen-bond donors (Lipinski definition) is 2. The molecule has 1 aromatic carbocycles. The molecule has 2 atom stereocenters. The van der Waals surface area contributed by atoms with Crippen LogP contribution >= 0.6 is 11.6 Å². The molecule has 0 aliphatic heterocycles. The molecule has 116 valence electrons. The summed E-state index contributed by atoms with van der Waals surface area (Å²) < 4.78 is 37.1. The summed E-state index contributed by atoms with van der Waals surface area (Å²) in [5, 5.41) is 7.92. The predicted molar refractivity (Wildman–Crippen MR) is 72.3 cm³/mol. The zero-order chi connectivity index (χ0) is 15.9. The topological polar surface area (TPSA) is 70.7 Å². The summed E-state index contributed by atoms with van der Waals surface area (Å²) in [7, 11) is 0. The number of nitrogens with one attached hydrogen (secondary N) is 2. The lowest BCUT2D eigenvalue weighted by Crippen LogP contribution is -2.16. The van der Waals surface area contributed by atoms with Crippen LogP contribution in [-0.2, 0) is 11.0 Å². The molecule has 1 fully saturated rings. The number of H-pyrrole nitrogens is 1. The molecule has 2 unspecified atom stereocenters. The number of halogens is 4. The normalized spacial score (nSPS) is 20.7. The number of rotatable bonds is 3. The molecule has 0 radical (unpaired) electrons. The fourth-order valence-corrected chi connectivity index (χ4v) is 2.53. The summed E-state index contributed by atoms with van der Waals surface area (Å²) in [6.45, 7) is 0. The van der Waals surface area contributed by atoms with Crippen molar-refractivity contribution in [2.75, 3.05) is 5.32 Å². The first-order valence-corrected chi connectivity index (χ1v) is 6.79. The van der Waals surface area contributed by atoms with Gasteiger partial charge >= 0.3 is 6.18 Å². The van der Waals surface area contributed by atoms with Crippen LogP contribution in [0.3, 0.4) is 0 Å². The van der Waals surface area contributed by atoms with Gasteiger partial charge in [-0.05, 0) is 24.0 Å². The number of anilines is 1. The summed E-state index contributed by atoms with van der Waals surface area (Å²) in [5.74, 6) is -2.43. The fraction of sp³-hybridized carbons (Fsp3) is 0.308. The molecule has 0 bridgehead atoms. The number of aromatic amines is 1. The van der Waals surface area contributed by atoms with Crippen molar-refractivity contribution < 1.29 is 18.0 Å². The molecule has 22 heavy (non-hydrogen) atoms. The third kappa shape index (κ3) is 2.92. The standard InChI is InChI=1S/C13H10ClF3N4O/c14-9-4-2-1-3-6(9)7-5-8(7)10(22)18-12-19-11(20-21-12)13(15,16)17/h1-4,7-8H,5H2,(H2,18,19,20,21,22). The first-order chi connectivity index (χ1) is 10.4. The number of carbonyl (C=O) groups excluding carboxylic acids is 1. The summed E-state index contributed by atoms with van der Waals surface area (Å²) in [6, 6.07) is 7.17. The average Bonchev–Trinajstić information content (AvgIpc) is 3.09. The predicted octanol–water partition coefficient (Wildman–Crippen LogP) is 3.22. The van der Waals surface area contributed by atoms with Crippen LogP contribution in [0.2, 0.25) is 5.02 Å². The minimum atomic E-state index is -4.63. The Hall–Kier alpha value is -2.09. The van der Waals surface area contributed by atoms with E-state index in [1.54, 1.807) is 17.2 Å². The second-order valence-corrected chi connectivity index (χ2v) is 5.37. The summed E-state index contributed by atoms with van der Waals surface area (Å²) in [6.07, 6.45) is -4.04. The van der Waals surface area contributed by atoms with Crippen molar-refractivity contribution in [1.82, 2.24) is 15.2 Å². The Labute approximate surface area is 127 Å². The van der Waals surface area contributed by atoms with E-state index in [0.717, 1.165) is 5.56 Å². The van der Waals surface area contributed by atoms with Gasteiger partial charge in [0.05, 0.1) is 0 Å². The number of aromatic nitrogens is 3. The van der Waals surface area contributed by atoms with E-state index < -0.39 is 17.9 Å². The Balaban J connectivity index is 1.65. The van der Waals surface area contributed by atoms with E-state index >= 15 is 0 Å². The molecule has 1 aromatic heterocycles. The third-order valence-corrected chi connectivity index (χ3v) is 3.77. The van der Waals surface area contributed by atoms with Crippen molar-refractivity contribution in [3.05, 3.63) is 40.7 Å². The van der Waals surface area contributed by atoms with E-state index in [4.69, 9.17) is 11.6 Å². The molecule has 0 saturated heterocycles. The summed E-state index contributed by atoms with van der Waals surface area (Å²) in [5.41, 5.74) is 0.857. The van der Waals surface area contributed by atoms with Crippen molar-refractivity contribution in [1.29, 1.82) is 0 Å². The monoisotopic (exact) mass is 330 g/mol. The van der Waals surface area contributed by atoms with Gasteiger partial charge in [-0.3, -0.25) is 15.2 Å². The highest BCUT2D eigenvalue weighted by molar-refractivity contribution is 6.31. The quantitative estimate of drug-likeness (QED) is 0.907. The van der Waals surface area contributed by atoms with Gasteiger partial charge in [0.2, 0.25) is 17.7 Å². The van der Waals surface area contributed by atoms with Crippen LogP contribution in [0.5, 0.6) is 0 Å². The van der Waals surface area contributed by atoms with E-state index in [1.165, 1.54) is 0 Å². The Morgan fingerprint density at radius 2 is 2.09 bits per heavy atom. The molecule has 2 N–H and O–H groups in total. The van der Waals surface area contributed by atoms with Gasteiger partial charge in [-0.1, -0.05) is 29.8 Å². The van der Waals surface area contributed by atoms with Gasteiger partial charge in [0, 0.05) is 10.9 Å². The molecule has 3 rings (SSSR count). The Morgan fingerprint density at radius 3 is 2.73 bits per heavy atom. The lowest BCUT2D eigenvalue weighted by atomic mass is 10.1. The van der Waals surface area contributed by atoms with E-state index in [0.29, 0.717) is 11.4 Å². The van der Waals surface area contributed by atoms with Crippen LogP contribution in [0.15, 0.2) is 24.3 Å². The minimum absolute atomic E-state index is 0.0327. The average molecular weight is 331 g/mol. The van der Waals surface area contributed by atoms with Gasteiger partial charge in [0.1, 0.15) is 0 Å². The van der Waals surface area contributed by atoms with Crippen LogP contribution in [-0.4, -0.2) is 21.1 Å². The second kappa shape index (κ2) is 5.28. The van der Waals surface area contributed by atoms with Gasteiger partial charge in [-0.2, -0.15) is 18.2 Å². The Bertz CT molecular complexity index is 715. The SMILES string of the molecule is O=C(Nc1n[nH]c(C(F)(F)F)n1)C1CC1c1ccccc1Cl. The molecule has 1 amide bonds. The van der Waals surface area contributed by atoms with Crippen LogP contribution in [0, 0.1) is 5.92 Å². The zero-order valence-corrected chi connectivity index (χ0v) is 11.7. The van der Waals surface area contributed by atoms with Crippen molar-refractivity contribution in [3.8, 4) is 0 Å². The van der Waals surface area contributed by atoms with E-state index in [-0.39, 0.29) is 17.8 Å². The molecule has 1 aliphatic carbocycles. The zero-order valence-electron chi connectivity index (χ0n) is 11.0. The van der Waals surface area contributed by atoms with Gasteiger partial charge in [0.25, 0.3) is 0 Å². The largest absolute Gasteiger partial charge is 0.451 e. The van der Waals surface area contributed by atoms with E-state index in [2.05, 4.69) is 15.4 Å². The number of amides is 1. The molecule has 1 heterocycles. The number of alkyl halides is 3. The van der Waals surface area contributed by atoms with Crippen molar-refractivity contribution in [3.63, 3.8) is 0 Å². The molecule has 9 heteroatoms. The van der Waals surface area contributed by atoms with Crippen LogP contribution in [0.1, 0.15) is 23.7 Å². The maximum atomic E-state index is 12.4. The highest BCUT2D eigenvalue weighted by Gasteiger charge is 2.45. The molecule has 1 saturated carbocycles. The van der Waals surface area contributed by atoms with Crippen LogP contribution in [0.4, 0.5) is 19.1 Å². The van der Waals surface area contributed by atoms with Crippen molar-refractivity contribution in [2.45, 2.75) is 18.5 Å². The first-order valence-electron chi connectivity index (χ1n) is 6.41. The molecule has 2 aromatic rings. The van der Waals surface area contributed by atoms with Crippen LogP contribution < -0.4 is 5.32 Å². The highest BCUT2D eigenvalue weighted by atomic mass is 35.5. The fourth-order valence-electron chi connectivity index (χ4n) is 2.25. The number of carbonyl (C=O) groups is 1. The highest BCUT2D eigenvalue weighted by Crippen LogP contribution is 2.49. The summed E-state index contributed by atoms with van der Waals surface area (Å²) >= 11 is 6.06. The first kappa shape index (κ1) is 14.8. The molecular formula is C13H10ClF3N4O. The minimum Gasteiger partial charge on any atom is -0.293 e. The van der Waals surface area contributed by atoms with E-state index in [9.17, 15) is 18.0 Å². The van der Waals surface area contributed by atoms with Crippen molar-refractivity contribution >= 4 is 23.5 Å². The Morgan fingerprint density at radius 1 is 1.36 bits per heavy atom. The Kier molecular flexibility index (Phi) is 3.56. The van der Waals surface area contributed by atoms with Gasteiger partial charge in [-0.15, -0.1) is 5.10 Å². The van der Waals surface area contributed by atoms with Gasteiger partial charge < -0.3 is 0 Å². The second-order valence-electron chi connectivity index (χ2n) is 4.96.